The molecule has 1 aromatic carbocycles. The summed E-state index contributed by atoms with van der Waals surface area (Å²) in [6.45, 7) is 3.50. The van der Waals surface area contributed by atoms with Gasteiger partial charge in [0.25, 0.3) is 15.9 Å². The topological polar surface area (TPSA) is 66.5 Å². The zero-order valence-corrected chi connectivity index (χ0v) is 11.0. The first kappa shape index (κ1) is 13.0. The monoisotopic (exact) mass is 268 g/mol. The van der Waals surface area contributed by atoms with Crippen molar-refractivity contribution in [2.75, 3.05) is 19.6 Å². The van der Waals surface area contributed by atoms with Crippen LogP contribution in [0.4, 0.5) is 0 Å². The van der Waals surface area contributed by atoms with E-state index in [-0.39, 0.29) is 17.0 Å². The first-order chi connectivity index (χ1) is 8.59. The molecule has 0 fully saturated rings. The molecule has 0 aliphatic carbocycles. The number of hydrogen-bond acceptors (Lipinski definition) is 4. The van der Waals surface area contributed by atoms with Crippen molar-refractivity contribution in [3.63, 3.8) is 0 Å². The molecule has 1 aliphatic heterocycles. The van der Waals surface area contributed by atoms with Gasteiger partial charge in [0.2, 0.25) is 0 Å². The Balaban J connectivity index is 2.18. The summed E-state index contributed by atoms with van der Waals surface area (Å²) in [6, 6.07) is 6.32. The summed E-state index contributed by atoms with van der Waals surface area (Å²) in [7, 11) is -3.64. The Hall–Kier alpha value is -1.40. The summed E-state index contributed by atoms with van der Waals surface area (Å²) >= 11 is 0. The molecule has 2 rings (SSSR count). The molecule has 18 heavy (non-hydrogen) atoms. The smallest absolute Gasteiger partial charge is 0.269 e. The van der Waals surface area contributed by atoms with Crippen molar-refractivity contribution in [2.24, 2.45) is 0 Å². The van der Waals surface area contributed by atoms with E-state index < -0.39 is 15.9 Å². The Morgan fingerprint density at radius 3 is 2.61 bits per heavy atom. The molecule has 0 spiro atoms. The molecular weight excluding hydrogens is 252 g/mol. The molecule has 0 aromatic heterocycles. The fourth-order valence-electron chi connectivity index (χ4n) is 1.93. The lowest BCUT2D eigenvalue weighted by Gasteiger charge is -2.15. The third-order valence-electron chi connectivity index (χ3n) is 2.83. The largest absolute Gasteiger partial charge is 0.315 e. The average Bonchev–Trinajstić information content (AvgIpc) is 2.55. The zero-order chi connectivity index (χ0) is 13.2. The van der Waals surface area contributed by atoms with Crippen molar-refractivity contribution in [3.05, 3.63) is 29.8 Å². The highest BCUT2D eigenvalue weighted by Gasteiger charge is 2.40. The molecule has 1 amide bonds. The van der Waals surface area contributed by atoms with Crippen LogP contribution in [0.25, 0.3) is 0 Å². The van der Waals surface area contributed by atoms with E-state index in [0.717, 1.165) is 17.3 Å². The summed E-state index contributed by atoms with van der Waals surface area (Å²) in [5.41, 5.74) is 0.271. The predicted octanol–water partition coefficient (Wildman–Crippen LogP) is 0.831. The van der Waals surface area contributed by atoms with Crippen LogP contribution in [0, 0.1) is 0 Å². The van der Waals surface area contributed by atoms with Gasteiger partial charge in [0.05, 0.1) is 12.1 Å². The van der Waals surface area contributed by atoms with Crippen LogP contribution in [-0.4, -0.2) is 38.3 Å². The second kappa shape index (κ2) is 5.07. The molecule has 5 nitrogen and oxygen atoms in total. The van der Waals surface area contributed by atoms with Gasteiger partial charge in [0.1, 0.15) is 4.90 Å². The van der Waals surface area contributed by atoms with Crippen LogP contribution in [-0.2, 0) is 10.0 Å². The molecule has 0 radical (unpaired) electrons. The van der Waals surface area contributed by atoms with E-state index in [1.807, 2.05) is 6.92 Å². The van der Waals surface area contributed by atoms with E-state index >= 15 is 0 Å². The number of nitrogens with one attached hydrogen (secondary N) is 1. The van der Waals surface area contributed by atoms with E-state index in [2.05, 4.69) is 5.32 Å². The van der Waals surface area contributed by atoms with Crippen molar-refractivity contribution in [1.29, 1.82) is 0 Å². The van der Waals surface area contributed by atoms with Crippen LogP contribution in [0.1, 0.15) is 23.7 Å². The SMILES string of the molecule is CCCNCCN1C(=O)c2ccccc2S1(=O)=O. The van der Waals surface area contributed by atoms with Gasteiger partial charge in [-0.15, -0.1) is 0 Å². The highest BCUT2D eigenvalue weighted by atomic mass is 32.2. The Morgan fingerprint density at radius 2 is 1.94 bits per heavy atom. The Bertz CT molecular complexity index is 554. The number of sulfonamides is 1. The van der Waals surface area contributed by atoms with Crippen LogP contribution in [0.5, 0.6) is 0 Å². The lowest BCUT2D eigenvalue weighted by Crippen LogP contribution is -2.36. The maximum Gasteiger partial charge on any atom is 0.269 e. The standard InChI is InChI=1S/C12H16N2O3S/c1-2-7-13-8-9-14-12(15)10-5-3-4-6-11(10)18(14,16)17/h3-6,13H,2,7-9H2,1H3. The van der Waals surface area contributed by atoms with Crippen LogP contribution in [0.15, 0.2) is 29.2 Å². The Kier molecular flexibility index (Phi) is 3.68. The zero-order valence-electron chi connectivity index (χ0n) is 10.2. The fourth-order valence-corrected chi connectivity index (χ4v) is 3.50. The number of carbonyl (C=O) groups excluding carboxylic acids is 1. The molecule has 1 heterocycles. The van der Waals surface area contributed by atoms with Gasteiger partial charge in [0.15, 0.2) is 0 Å². The second-order valence-electron chi connectivity index (χ2n) is 4.13. The van der Waals surface area contributed by atoms with E-state index in [1.165, 1.54) is 6.07 Å². The molecular formula is C12H16N2O3S. The summed E-state index contributed by atoms with van der Waals surface area (Å²) in [4.78, 5) is 12.1. The number of rotatable bonds is 5. The van der Waals surface area contributed by atoms with Gasteiger partial charge >= 0.3 is 0 Å². The van der Waals surface area contributed by atoms with Gasteiger partial charge in [-0.1, -0.05) is 19.1 Å². The molecule has 1 aromatic rings. The van der Waals surface area contributed by atoms with Gasteiger partial charge < -0.3 is 5.32 Å². The van der Waals surface area contributed by atoms with E-state index in [9.17, 15) is 13.2 Å². The van der Waals surface area contributed by atoms with E-state index in [4.69, 9.17) is 0 Å². The van der Waals surface area contributed by atoms with E-state index in [0.29, 0.717) is 6.54 Å². The molecule has 0 saturated carbocycles. The number of carbonyl (C=O) groups is 1. The summed E-state index contributed by atoms with van der Waals surface area (Å²) in [5, 5.41) is 3.09. The maximum absolute atomic E-state index is 12.1. The third-order valence-corrected chi connectivity index (χ3v) is 4.67. The van der Waals surface area contributed by atoms with Crippen LogP contribution < -0.4 is 5.32 Å². The number of nitrogens with zero attached hydrogens (tertiary/aromatic N) is 1. The Morgan fingerprint density at radius 1 is 1.22 bits per heavy atom. The fraction of sp³-hybridized carbons (Fsp3) is 0.417. The summed E-state index contributed by atoms with van der Waals surface area (Å²) < 4.78 is 25.2. The molecule has 1 N–H and O–H groups in total. The predicted molar refractivity (Wildman–Crippen MR) is 67.8 cm³/mol. The minimum absolute atomic E-state index is 0.116. The van der Waals surface area contributed by atoms with Crippen LogP contribution in [0.2, 0.25) is 0 Å². The minimum atomic E-state index is -3.64. The van der Waals surface area contributed by atoms with Crippen molar-refractivity contribution in [2.45, 2.75) is 18.2 Å². The molecule has 0 saturated heterocycles. The van der Waals surface area contributed by atoms with Crippen molar-refractivity contribution >= 4 is 15.9 Å². The van der Waals surface area contributed by atoms with Gasteiger partial charge in [0, 0.05) is 6.54 Å². The number of benzene rings is 1. The lowest BCUT2D eigenvalue weighted by molar-refractivity contribution is 0.0872. The molecule has 0 atom stereocenters. The summed E-state index contributed by atoms with van der Waals surface area (Å²) in [5.74, 6) is -0.427. The number of amides is 1. The molecule has 0 bridgehead atoms. The van der Waals surface area contributed by atoms with Crippen LogP contribution in [0.3, 0.4) is 0 Å². The lowest BCUT2D eigenvalue weighted by atomic mass is 10.2. The quantitative estimate of drug-likeness (QED) is 0.803. The highest BCUT2D eigenvalue weighted by Crippen LogP contribution is 2.29. The van der Waals surface area contributed by atoms with Crippen molar-refractivity contribution < 1.29 is 13.2 Å². The van der Waals surface area contributed by atoms with Gasteiger partial charge in [-0.05, 0) is 25.1 Å². The second-order valence-corrected chi connectivity index (χ2v) is 5.96. The van der Waals surface area contributed by atoms with E-state index in [1.54, 1.807) is 18.2 Å². The highest BCUT2D eigenvalue weighted by molar-refractivity contribution is 7.90. The summed E-state index contributed by atoms with van der Waals surface area (Å²) in [6.07, 6.45) is 0.973. The molecule has 6 heteroatoms. The van der Waals surface area contributed by atoms with Gasteiger partial charge in [-0.2, -0.15) is 0 Å². The molecule has 0 unspecified atom stereocenters. The average molecular weight is 268 g/mol. The Labute approximate surface area is 107 Å². The first-order valence-electron chi connectivity index (χ1n) is 5.96. The molecule has 98 valence electrons. The van der Waals surface area contributed by atoms with Gasteiger partial charge in [-0.3, -0.25) is 4.79 Å². The normalized spacial score (nSPS) is 16.9. The first-order valence-corrected chi connectivity index (χ1v) is 7.40. The van der Waals surface area contributed by atoms with Gasteiger partial charge in [-0.25, -0.2) is 12.7 Å². The number of hydrogen-bond donors (Lipinski definition) is 1. The minimum Gasteiger partial charge on any atom is -0.315 e. The van der Waals surface area contributed by atoms with Crippen LogP contribution >= 0.6 is 0 Å². The molecule has 1 aliphatic rings. The van der Waals surface area contributed by atoms with Crippen molar-refractivity contribution in [1.82, 2.24) is 9.62 Å². The maximum atomic E-state index is 12.1. The van der Waals surface area contributed by atoms with Crippen molar-refractivity contribution in [3.8, 4) is 0 Å². The number of fused-ring (bicyclic) bond motifs is 1. The third kappa shape index (κ3) is 2.13.